The Hall–Kier alpha value is -0.520. The normalized spacial score (nSPS) is 39.2. The fourth-order valence-electron chi connectivity index (χ4n) is 0.673. The molecule has 1 heterocycles. The minimum atomic E-state index is -0.914. The second kappa shape index (κ2) is 2.02. The van der Waals surface area contributed by atoms with Gasteiger partial charge >= 0.3 is 0 Å². The second-order valence-corrected chi connectivity index (χ2v) is 2.21. The molecular weight excluding hydrogens is 116 g/mol. The maximum absolute atomic E-state index is 9.20. The Kier molecular flexibility index (Phi) is 1.48. The van der Waals surface area contributed by atoms with Crippen LogP contribution < -0.4 is 0 Å². The van der Waals surface area contributed by atoms with Crippen LogP contribution in [-0.2, 0) is 4.74 Å². The highest BCUT2D eigenvalue weighted by molar-refractivity contribution is 5.05. The average molecular weight is 126 g/mol. The van der Waals surface area contributed by atoms with Gasteiger partial charge in [-0.2, -0.15) is 0 Å². The van der Waals surface area contributed by atoms with Gasteiger partial charge in [0, 0.05) is 0 Å². The van der Waals surface area contributed by atoms with E-state index in [-0.39, 0.29) is 6.10 Å². The largest absolute Gasteiger partial charge is 0.363 e. The summed E-state index contributed by atoms with van der Waals surface area (Å²) in [4.78, 5) is 0. The van der Waals surface area contributed by atoms with Crippen LogP contribution in [0.3, 0.4) is 0 Å². The van der Waals surface area contributed by atoms with Gasteiger partial charge in [-0.1, -0.05) is 5.92 Å². The van der Waals surface area contributed by atoms with Gasteiger partial charge in [0.1, 0.15) is 6.10 Å². The predicted molar refractivity (Wildman–Crippen MR) is 33.6 cm³/mol. The highest BCUT2D eigenvalue weighted by atomic mass is 16.7. The van der Waals surface area contributed by atoms with Crippen molar-refractivity contribution in [2.75, 3.05) is 0 Å². The first kappa shape index (κ1) is 6.60. The molecule has 0 saturated carbocycles. The summed E-state index contributed by atoms with van der Waals surface area (Å²) in [6.07, 6.45) is 0.406. The summed E-state index contributed by atoms with van der Waals surface area (Å²) in [5.41, 5.74) is 0. The van der Waals surface area contributed by atoms with Crippen LogP contribution in [0.5, 0.6) is 0 Å². The lowest BCUT2D eigenvalue weighted by Gasteiger charge is -1.94. The highest BCUT2D eigenvalue weighted by Crippen LogP contribution is 2.35. The first-order valence-electron chi connectivity index (χ1n) is 2.99. The van der Waals surface area contributed by atoms with Gasteiger partial charge in [0.25, 0.3) is 0 Å². The van der Waals surface area contributed by atoms with E-state index < -0.39 is 5.79 Å². The zero-order valence-electron chi connectivity index (χ0n) is 5.64. The molecule has 50 valence electrons. The van der Waals surface area contributed by atoms with Crippen LogP contribution in [0, 0.1) is 11.8 Å². The summed E-state index contributed by atoms with van der Waals surface area (Å²) in [5, 5.41) is 9.20. The van der Waals surface area contributed by atoms with Gasteiger partial charge in [-0.05, 0) is 13.8 Å². The fourth-order valence-corrected chi connectivity index (χ4v) is 0.673. The maximum Gasteiger partial charge on any atom is 0.203 e. The molecular formula is C7H10O2. The zero-order chi connectivity index (χ0) is 6.91. The van der Waals surface area contributed by atoms with Crippen molar-refractivity contribution in [2.45, 2.75) is 32.2 Å². The summed E-state index contributed by atoms with van der Waals surface area (Å²) in [7, 11) is 0. The van der Waals surface area contributed by atoms with E-state index in [0.717, 1.165) is 0 Å². The van der Waals surface area contributed by atoms with Gasteiger partial charge in [-0.15, -0.1) is 5.92 Å². The van der Waals surface area contributed by atoms with Crippen LogP contribution in [0.25, 0.3) is 0 Å². The molecule has 2 atom stereocenters. The van der Waals surface area contributed by atoms with E-state index in [2.05, 4.69) is 11.8 Å². The van der Waals surface area contributed by atoms with E-state index in [1.807, 2.05) is 6.92 Å². The molecule has 1 rings (SSSR count). The van der Waals surface area contributed by atoms with Crippen LogP contribution in [-0.4, -0.2) is 17.0 Å². The minimum Gasteiger partial charge on any atom is -0.363 e. The van der Waals surface area contributed by atoms with Crippen molar-refractivity contribution in [3.63, 3.8) is 0 Å². The zero-order valence-corrected chi connectivity index (χ0v) is 5.64. The number of aliphatic hydroxyl groups is 1. The molecule has 0 aromatic heterocycles. The average Bonchev–Trinajstić information content (AvgIpc) is 2.38. The molecule has 0 radical (unpaired) electrons. The molecule has 2 unspecified atom stereocenters. The third kappa shape index (κ3) is 1.24. The Bertz CT molecular complexity index is 165. The topological polar surface area (TPSA) is 32.8 Å². The van der Waals surface area contributed by atoms with E-state index in [1.165, 1.54) is 0 Å². The van der Waals surface area contributed by atoms with Crippen LogP contribution in [0.15, 0.2) is 0 Å². The predicted octanol–water partition coefficient (Wildman–Crippen LogP) is 0.507. The SMILES string of the molecule is CC#CCC1(O)OC1C. The third-order valence-electron chi connectivity index (χ3n) is 1.48. The Morgan fingerprint density at radius 2 is 2.33 bits per heavy atom. The van der Waals surface area contributed by atoms with E-state index in [9.17, 15) is 5.11 Å². The van der Waals surface area contributed by atoms with Crippen molar-refractivity contribution in [1.82, 2.24) is 0 Å². The summed E-state index contributed by atoms with van der Waals surface area (Å²) in [6, 6.07) is 0. The summed E-state index contributed by atoms with van der Waals surface area (Å²) < 4.78 is 4.86. The smallest absolute Gasteiger partial charge is 0.203 e. The molecule has 1 aliphatic rings. The molecule has 1 aliphatic heterocycles. The molecule has 0 aromatic carbocycles. The van der Waals surface area contributed by atoms with E-state index in [0.29, 0.717) is 6.42 Å². The van der Waals surface area contributed by atoms with Crippen molar-refractivity contribution in [1.29, 1.82) is 0 Å². The van der Waals surface area contributed by atoms with Gasteiger partial charge in [0.15, 0.2) is 0 Å². The van der Waals surface area contributed by atoms with Crippen LogP contribution in [0.2, 0.25) is 0 Å². The summed E-state index contributed by atoms with van der Waals surface area (Å²) in [5.74, 6) is 4.54. The first-order chi connectivity index (χ1) is 4.19. The first-order valence-corrected chi connectivity index (χ1v) is 2.99. The standard InChI is InChI=1S/C7H10O2/c1-3-4-5-7(8)6(2)9-7/h6,8H,5H2,1-2H3. The van der Waals surface area contributed by atoms with Crippen LogP contribution >= 0.6 is 0 Å². The number of hydrogen-bond acceptors (Lipinski definition) is 2. The lowest BCUT2D eigenvalue weighted by molar-refractivity contribution is 0.0415. The van der Waals surface area contributed by atoms with E-state index in [4.69, 9.17) is 4.74 Å². The molecule has 2 heteroatoms. The van der Waals surface area contributed by atoms with E-state index >= 15 is 0 Å². The van der Waals surface area contributed by atoms with Crippen molar-refractivity contribution >= 4 is 0 Å². The Morgan fingerprint density at radius 1 is 1.78 bits per heavy atom. The Morgan fingerprint density at radius 3 is 2.67 bits per heavy atom. The van der Waals surface area contributed by atoms with Crippen molar-refractivity contribution < 1.29 is 9.84 Å². The Balaban J connectivity index is 2.34. The number of epoxide rings is 1. The molecule has 0 bridgehead atoms. The van der Waals surface area contributed by atoms with Gasteiger partial charge in [0.05, 0.1) is 6.42 Å². The molecule has 9 heavy (non-hydrogen) atoms. The van der Waals surface area contributed by atoms with Crippen molar-refractivity contribution in [3.8, 4) is 11.8 Å². The third-order valence-corrected chi connectivity index (χ3v) is 1.48. The minimum absolute atomic E-state index is 0.0293. The number of rotatable bonds is 1. The summed E-state index contributed by atoms with van der Waals surface area (Å²) >= 11 is 0. The maximum atomic E-state index is 9.20. The molecule has 0 amide bonds. The molecule has 0 aromatic rings. The highest BCUT2D eigenvalue weighted by Gasteiger charge is 2.51. The van der Waals surface area contributed by atoms with Crippen molar-refractivity contribution in [2.24, 2.45) is 0 Å². The van der Waals surface area contributed by atoms with Gasteiger partial charge in [-0.3, -0.25) is 0 Å². The van der Waals surface area contributed by atoms with Gasteiger partial charge in [0.2, 0.25) is 5.79 Å². The number of ether oxygens (including phenoxy) is 1. The lowest BCUT2D eigenvalue weighted by atomic mass is 10.2. The van der Waals surface area contributed by atoms with Gasteiger partial charge in [-0.25, -0.2) is 0 Å². The van der Waals surface area contributed by atoms with Gasteiger partial charge < -0.3 is 9.84 Å². The quantitative estimate of drug-likeness (QED) is 0.410. The van der Waals surface area contributed by atoms with Crippen molar-refractivity contribution in [3.05, 3.63) is 0 Å². The molecule has 1 saturated heterocycles. The molecule has 1 fully saturated rings. The number of hydrogen-bond donors (Lipinski definition) is 1. The monoisotopic (exact) mass is 126 g/mol. The van der Waals surface area contributed by atoms with Crippen LogP contribution in [0.1, 0.15) is 20.3 Å². The molecule has 0 aliphatic carbocycles. The van der Waals surface area contributed by atoms with E-state index in [1.54, 1.807) is 6.92 Å². The second-order valence-electron chi connectivity index (χ2n) is 2.21. The van der Waals surface area contributed by atoms with Crippen LogP contribution in [0.4, 0.5) is 0 Å². The Labute approximate surface area is 54.8 Å². The lowest BCUT2D eigenvalue weighted by Crippen LogP contribution is -2.10. The molecule has 0 spiro atoms. The molecule has 1 N–H and O–H groups in total. The molecule has 2 nitrogen and oxygen atoms in total. The summed E-state index contributed by atoms with van der Waals surface area (Å²) in [6.45, 7) is 3.58. The fraction of sp³-hybridized carbons (Fsp3) is 0.714.